The molecule has 0 unspecified atom stereocenters. The van der Waals surface area contributed by atoms with Gasteiger partial charge in [-0.1, -0.05) is 26.8 Å². The highest BCUT2D eigenvalue weighted by Gasteiger charge is 2.20. The predicted molar refractivity (Wildman–Crippen MR) is 139 cm³/mol. The molecule has 9 nitrogen and oxygen atoms in total. The SMILES string of the molecule is CNCC(=O)Nc1cc(NC(=O)c2cccnc2Nc2ccc3[nH]ncc3c2)ccc1C(C)(C)C. The van der Waals surface area contributed by atoms with Crippen molar-refractivity contribution in [3.63, 3.8) is 0 Å². The molecule has 5 N–H and O–H groups in total. The molecule has 0 aliphatic carbocycles. The van der Waals surface area contributed by atoms with E-state index < -0.39 is 0 Å². The third-order valence-corrected chi connectivity index (χ3v) is 5.45. The molecule has 2 aromatic heterocycles. The Morgan fingerprint density at radius 3 is 2.57 bits per heavy atom. The molecule has 0 bridgehead atoms. The van der Waals surface area contributed by atoms with Gasteiger partial charge in [0.25, 0.3) is 5.91 Å². The molecular weight excluding hydrogens is 442 g/mol. The third kappa shape index (κ3) is 5.64. The van der Waals surface area contributed by atoms with Crippen LogP contribution in [0.5, 0.6) is 0 Å². The van der Waals surface area contributed by atoms with Gasteiger partial charge in [0.1, 0.15) is 5.82 Å². The van der Waals surface area contributed by atoms with Gasteiger partial charge < -0.3 is 21.3 Å². The summed E-state index contributed by atoms with van der Waals surface area (Å²) in [6.45, 7) is 6.41. The Balaban J connectivity index is 1.58. The fourth-order valence-corrected chi connectivity index (χ4v) is 3.78. The number of amides is 2. The van der Waals surface area contributed by atoms with Crippen molar-refractivity contribution in [2.75, 3.05) is 29.5 Å². The van der Waals surface area contributed by atoms with Crippen molar-refractivity contribution in [3.8, 4) is 0 Å². The van der Waals surface area contributed by atoms with Gasteiger partial charge in [0, 0.05) is 28.6 Å². The Bertz CT molecular complexity index is 1370. The number of carbonyl (C=O) groups is 2. The zero-order valence-corrected chi connectivity index (χ0v) is 20.2. The number of nitrogens with zero attached hydrogens (tertiary/aromatic N) is 2. The van der Waals surface area contributed by atoms with Gasteiger partial charge in [-0.3, -0.25) is 14.7 Å². The van der Waals surface area contributed by atoms with Crippen molar-refractivity contribution in [2.24, 2.45) is 0 Å². The number of anilines is 4. The van der Waals surface area contributed by atoms with Crippen LogP contribution in [-0.2, 0) is 10.2 Å². The van der Waals surface area contributed by atoms with Gasteiger partial charge in [-0.05, 0) is 60.5 Å². The first kappa shape index (κ1) is 23.9. The molecule has 0 fully saturated rings. The molecule has 2 amide bonds. The number of fused-ring (bicyclic) bond motifs is 1. The zero-order chi connectivity index (χ0) is 25.0. The van der Waals surface area contributed by atoms with Gasteiger partial charge in [0.2, 0.25) is 5.91 Å². The lowest BCUT2D eigenvalue weighted by molar-refractivity contribution is -0.115. The number of carbonyl (C=O) groups excluding carboxylic acids is 2. The van der Waals surface area contributed by atoms with Crippen LogP contribution in [0.2, 0.25) is 0 Å². The van der Waals surface area contributed by atoms with E-state index in [1.54, 1.807) is 37.6 Å². The monoisotopic (exact) mass is 471 g/mol. The highest BCUT2D eigenvalue weighted by atomic mass is 16.2. The largest absolute Gasteiger partial charge is 0.340 e. The Labute approximate surface area is 203 Å². The summed E-state index contributed by atoms with van der Waals surface area (Å²) >= 11 is 0. The fourth-order valence-electron chi connectivity index (χ4n) is 3.78. The number of aromatic nitrogens is 3. The summed E-state index contributed by atoms with van der Waals surface area (Å²) in [4.78, 5) is 29.8. The molecule has 0 aliphatic heterocycles. The van der Waals surface area contributed by atoms with E-state index in [1.807, 2.05) is 30.3 Å². The van der Waals surface area contributed by atoms with Crippen LogP contribution in [0.1, 0.15) is 36.7 Å². The number of pyridine rings is 1. The summed E-state index contributed by atoms with van der Waals surface area (Å²) in [5.74, 6) is -0.0440. The number of aromatic amines is 1. The normalized spacial score (nSPS) is 11.3. The number of H-pyrrole nitrogens is 1. The molecule has 0 spiro atoms. The van der Waals surface area contributed by atoms with E-state index in [0.717, 1.165) is 22.2 Å². The minimum atomic E-state index is -0.319. The molecule has 180 valence electrons. The maximum atomic E-state index is 13.2. The maximum absolute atomic E-state index is 13.2. The summed E-state index contributed by atoms with van der Waals surface area (Å²) in [6, 6.07) is 14.7. The second-order valence-electron chi connectivity index (χ2n) is 9.24. The van der Waals surface area contributed by atoms with Crippen molar-refractivity contribution in [2.45, 2.75) is 26.2 Å². The lowest BCUT2D eigenvalue weighted by atomic mass is 9.85. The Kier molecular flexibility index (Phi) is 6.79. The van der Waals surface area contributed by atoms with Crippen LogP contribution in [0.15, 0.2) is 60.9 Å². The van der Waals surface area contributed by atoms with Gasteiger partial charge in [0.05, 0.1) is 23.8 Å². The van der Waals surface area contributed by atoms with Crippen molar-refractivity contribution >= 4 is 45.6 Å². The first-order valence-electron chi connectivity index (χ1n) is 11.3. The molecule has 0 aliphatic rings. The Hall–Kier alpha value is -4.24. The van der Waals surface area contributed by atoms with Crippen LogP contribution >= 0.6 is 0 Å². The maximum Gasteiger partial charge on any atom is 0.259 e. The summed E-state index contributed by atoms with van der Waals surface area (Å²) in [5, 5.41) is 19.8. The zero-order valence-electron chi connectivity index (χ0n) is 20.2. The van der Waals surface area contributed by atoms with Gasteiger partial charge in [-0.25, -0.2) is 4.98 Å². The molecular formula is C26H29N7O2. The quantitative estimate of drug-likeness (QED) is 0.272. The molecule has 4 rings (SSSR count). The summed E-state index contributed by atoms with van der Waals surface area (Å²) in [7, 11) is 1.72. The smallest absolute Gasteiger partial charge is 0.259 e. The topological polar surface area (TPSA) is 124 Å². The van der Waals surface area contributed by atoms with Crippen LogP contribution in [-0.4, -0.2) is 40.6 Å². The highest BCUT2D eigenvalue weighted by Crippen LogP contribution is 2.32. The van der Waals surface area contributed by atoms with Crippen LogP contribution in [0.3, 0.4) is 0 Å². The molecule has 2 heterocycles. The number of nitrogens with one attached hydrogen (secondary N) is 5. The minimum absolute atomic E-state index is 0.158. The summed E-state index contributed by atoms with van der Waals surface area (Å²) in [6.07, 6.45) is 3.36. The second-order valence-corrected chi connectivity index (χ2v) is 9.24. The lowest BCUT2D eigenvalue weighted by Gasteiger charge is -2.24. The second kappa shape index (κ2) is 9.94. The molecule has 35 heavy (non-hydrogen) atoms. The minimum Gasteiger partial charge on any atom is -0.340 e. The van der Waals surface area contributed by atoms with Gasteiger partial charge in [-0.2, -0.15) is 5.10 Å². The molecule has 0 saturated carbocycles. The average molecular weight is 472 g/mol. The van der Waals surface area contributed by atoms with Crippen LogP contribution in [0.25, 0.3) is 10.9 Å². The molecule has 9 heteroatoms. The van der Waals surface area contributed by atoms with Crippen molar-refractivity contribution in [1.82, 2.24) is 20.5 Å². The number of hydrogen-bond acceptors (Lipinski definition) is 6. The highest BCUT2D eigenvalue weighted by molar-refractivity contribution is 6.08. The molecule has 0 radical (unpaired) electrons. The number of hydrogen-bond donors (Lipinski definition) is 5. The first-order valence-corrected chi connectivity index (χ1v) is 11.3. The fraction of sp³-hybridized carbons (Fsp3) is 0.231. The number of benzene rings is 2. The van der Waals surface area contributed by atoms with Gasteiger partial charge in [-0.15, -0.1) is 0 Å². The van der Waals surface area contributed by atoms with E-state index in [4.69, 9.17) is 0 Å². The average Bonchev–Trinajstić information content (AvgIpc) is 3.27. The Morgan fingerprint density at radius 2 is 1.80 bits per heavy atom. The lowest BCUT2D eigenvalue weighted by Crippen LogP contribution is -2.27. The van der Waals surface area contributed by atoms with E-state index in [9.17, 15) is 9.59 Å². The van der Waals surface area contributed by atoms with Crippen LogP contribution < -0.4 is 21.3 Å². The van der Waals surface area contributed by atoms with E-state index in [1.165, 1.54) is 0 Å². The van der Waals surface area contributed by atoms with E-state index >= 15 is 0 Å². The Morgan fingerprint density at radius 1 is 1.00 bits per heavy atom. The van der Waals surface area contributed by atoms with E-state index in [-0.39, 0.29) is 23.8 Å². The third-order valence-electron chi connectivity index (χ3n) is 5.45. The van der Waals surface area contributed by atoms with Gasteiger partial charge in [0.15, 0.2) is 0 Å². The van der Waals surface area contributed by atoms with E-state index in [2.05, 4.69) is 57.2 Å². The van der Waals surface area contributed by atoms with Crippen molar-refractivity contribution in [3.05, 3.63) is 72.1 Å². The molecule has 4 aromatic rings. The molecule has 0 atom stereocenters. The summed E-state index contributed by atoms with van der Waals surface area (Å²) in [5.41, 5.74) is 4.10. The number of likely N-dealkylation sites (N-methyl/N-ethyl adjacent to an activating group) is 1. The van der Waals surface area contributed by atoms with Crippen LogP contribution in [0, 0.1) is 0 Å². The van der Waals surface area contributed by atoms with Crippen molar-refractivity contribution < 1.29 is 9.59 Å². The van der Waals surface area contributed by atoms with Crippen LogP contribution in [0.4, 0.5) is 22.9 Å². The molecule has 0 saturated heterocycles. The summed E-state index contributed by atoms with van der Waals surface area (Å²) < 4.78 is 0. The first-order chi connectivity index (χ1) is 16.7. The number of rotatable bonds is 7. The van der Waals surface area contributed by atoms with E-state index in [0.29, 0.717) is 22.8 Å². The molecule has 2 aromatic carbocycles. The van der Waals surface area contributed by atoms with Gasteiger partial charge >= 0.3 is 0 Å². The predicted octanol–water partition coefficient (Wildman–Crippen LogP) is 4.41. The van der Waals surface area contributed by atoms with Crippen molar-refractivity contribution in [1.29, 1.82) is 0 Å². The standard InChI is InChI=1S/C26H29N7O2/c1-26(2,3)20-9-7-18(13-22(20)32-23(34)15-27-4)31-25(35)19-6-5-11-28-24(19)30-17-8-10-21-16(12-17)14-29-33-21/h5-14,27H,15H2,1-4H3,(H,28,30)(H,29,33)(H,31,35)(H,32,34).